The van der Waals surface area contributed by atoms with Crippen molar-refractivity contribution in [3.05, 3.63) is 11.1 Å². The van der Waals surface area contributed by atoms with E-state index in [-0.39, 0.29) is 5.91 Å². The summed E-state index contributed by atoms with van der Waals surface area (Å²) in [6.07, 6.45) is 8.77. The van der Waals surface area contributed by atoms with Gasteiger partial charge in [-0.3, -0.25) is 4.79 Å². The van der Waals surface area contributed by atoms with E-state index in [9.17, 15) is 10.1 Å². The van der Waals surface area contributed by atoms with Gasteiger partial charge in [0.2, 0.25) is 0 Å². The topological polar surface area (TPSA) is 44.1 Å². The van der Waals surface area contributed by atoms with Crippen LogP contribution in [0.25, 0.3) is 0 Å². The predicted molar refractivity (Wildman–Crippen MR) is 75.3 cm³/mol. The van der Waals surface area contributed by atoms with Crippen LogP contribution in [-0.4, -0.2) is 23.9 Å². The molecule has 1 amide bonds. The molecule has 0 aromatic carbocycles. The molecule has 1 saturated carbocycles. The molecule has 3 heteroatoms. The molecular formula is C16H24N2O. The van der Waals surface area contributed by atoms with Crippen LogP contribution in [0, 0.1) is 17.2 Å². The third-order valence-corrected chi connectivity index (χ3v) is 4.61. The SMILES string of the molecule is CCC1CCC(=C(C#N)C(=O)N2CCCCC2)CC1. The van der Waals surface area contributed by atoms with E-state index in [0.29, 0.717) is 5.57 Å². The van der Waals surface area contributed by atoms with Gasteiger partial charge in [-0.25, -0.2) is 0 Å². The van der Waals surface area contributed by atoms with Gasteiger partial charge in [0, 0.05) is 13.1 Å². The highest BCUT2D eigenvalue weighted by Crippen LogP contribution is 2.32. The van der Waals surface area contributed by atoms with Crippen molar-refractivity contribution < 1.29 is 4.79 Å². The van der Waals surface area contributed by atoms with E-state index in [1.165, 1.54) is 12.8 Å². The van der Waals surface area contributed by atoms with E-state index in [2.05, 4.69) is 13.0 Å². The fourth-order valence-electron chi connectivity index (χ4n) is 3.22. The van der Waals surface area contributed by atoms with Crippen molar-refractivity contribution in [2.24, 2.45) is 5.92 Å². The van der Waals surface area contributed by atoms with E-state index < -0.39 is 0 Å². The van der Waals surface area contributed by atoms with Gasteiger partial charge in [0.1, 0.15) is 11.6 Å². The Bertz CT molecular complexity index is 389. The number of rotatable bonds is 2. The number of amides is 1. The zero-order valence-corrected chi connectivity index (χ0v) is 12.0. The third-order valence-electron chi connectivity index (χ3n) is 4.61. The monoisotopic (exact) mass is 260 g/mol. The maximum absolute atomic E-state index is 12.4. The molecule has 19 heavy (non-hydrogen) atoms. The molecule has 0 unspecified atom stereocenters. The van der Waals surface area contributed by atoms with Crippen LogP contribution in [0.1, 0.15) is 58.3 Å². The lowest BCUT2D eigenvalue weighted by Gasteiger charge is -2.28. The summed E-state index contributed by atoms with van der Waals surface area (Å²) in [4.78, 5) is 14.3. The van der Waals surface area contributed by atoms with Gasteiger partial charge in [0.05, 0.1) is 0 Å². The Morgan fingerprint density at radius 3 is 2.42 bits per heavy atom. The fraction of sp³-hybridized carbons (Fsp3) is 0.750. The fourth-order valence-corrected chi connectivity index (χ4v) is 3.22. The standard InChI is InChI=1S/C16H24N2O/c1-2-13-6-8-14(9-7-13)15(12-17)16(19)18-10-4-3-5-11-18/h13H,2-11H2,1H3. The van der Waals surface area contributed by atoms with Gasteiger partial charge in [-0.1, -0.05) is 13.3 Å². The molecule has 0 atom stereocenters. The minimum atomic E-state index is -0.00727. The molecule has 0 bridgehead atoms. The minimum Gasteiger partial charge on any atom is -0.338 e. The number of hydrogen-bond donors (Lipinski definition) is 0. The first kappa shape index (κ1) is 14.1. The molecule has 2 rings (SSSR count). The second-order valence-electron chi connectivity index (χ2n) is 5.79. The molecule has 1 saturated heterocycles. The van der Waals surface area contributed by atoms with Crippen molar-refractivity contribution in [3.8, 4) is 6.07 Å². The molecule has 2 fully saturated rings. The van der Waals surface area contributed by atoms with Crippen molar-refractivity contribution in [1.82, 2.24) is 4.90 Å². The summed E-state index contributed by atoms with van der Waals surface area (Å²) < 4.78 is 0. The van der Waals surface area contributed by atoms with Gasteiger partial charge in [-0.2, -0.15) is 5.26 Å². The lowest BCUT2D eigenvalue weighted by molar-refractivity contribution is -0.127. The van der Waals surface area contributed by atoms with E-state index in [4.69, 9.17) is 0 Å². The van der Waals surface area contributed by atoms with Crippen LogP contribution in [0.3, 0.4) is 0 Å². The number of likely N-dealkylation sites (tertiary alicyclic amines) is 1. The maximum Gasteiger partial charge on any atom is 0.264 e. The van der Waals surface area contributed by atoms with E-state index >= 15 is 0 Å². The normalized spacial score (nSPS) is 23.9. The van der Waals surface area contributed by atoms with Crippen LogP contribution in [-0.2, 0) is 4.79 Å². The molecule has 0 spiro atoms. The Labute approximate surface area is 116 Å². The number of carbonyl (C=O) groups excluding carboxylic acids is 1. The number of nitriles is 1. The van der Waals surface area contributed by atoms with E-state index in [1.807, 2.05) is 4.90 Å². The first-order chi connectivity index (χ1) is 9.26. The Morgan fingerprint density at radius 1 is 1.26 bits per heavy atom. The van der Waals surface area contributed by atoms with Gasteiger partial charge >= 0.3 is 0 Å². The number of hydrogen-bond acceptors (Lipinski definition) is 2. The predicted octanol–water partition coefficient (Wildman–Crippen LogP) is 3.42. The van der Waals surface area contributed by atoms with E-state index in [0.717, 1.165) is 63.1 Å². The molecule has 104 valence electrons. The van der Waals surface area contributed by atoms with Crippen LogP contribution in [0.4, 0.5) is 0 Å². The summed E-state index contributed by atoms with van der Waals surface area (Å²) >= 11 is 0. The zero-order chi connectivity index (χ0) is 13.7. The number of nitrogens with zero attached hydrogens (tertiary/aromatic N) is 2. The Balaban J connectivity index is 2.06. The molecule has 3 nitrogen and oxygen atoms in total. The Kier molecular flexibility index (Phi) is 5.01. The third kappa shape index (κ3) is 3.37. The molecule has 1 heterocycles. The number of carbonyl (C=O) groups is 1. The van der Waals surface area contributed by atoms with Gasteiger partial charge in [-0.05, 0) is 56.4 Å². The van der Waals surface area contributed by atoms with Gasteiger partial charge in [-0.15, -0.1) is 0 Å². The van der Waals surface area contributed by atoms with Gasteiger partial charge in [0.15, 0.2) is 0 Å². The first-order valence-electron chi connectivity index (χ1n) is 7.67. The molecule has 1 aliphatic heterocycles. The largest absolute Gasteiger partial charge is 0.338 e. The van der Waals surface area contributed by atoms with E-state index in [1.54, 1.807) is 0 Å². The summed E-state index contributed by atoms with van der Waals surface area (Å²) in [6.45, 7) is 3.88. The summed E-state index contributed by atoms with van der Waals surface area (Å²) in [5, 5.41) is 9.35. The van der Waals surface area contributed by atoms with Crippen molar-refractivity contribution in [3.63, 3.8) is 0 Å². The van der Waals surface area contributed by atoms with Crippen LogP contribution in [0.2, 0.25) is 0 Å². The summed E-state index contributed by atoms with van der Waals surface area (Å²) in [5.74, 6) is 0.779. The molecule has 0 aromatic rings. The van der Waals surface area contributed by atoms with Crippen molar-refractivity contribution >= 4 is 5.91 Å². The van der Waals surface area contributed by atoms with Crippen molar-refractivity contribution in [2.45, 2.75) is 58.3 Å². The molecule has 0 N–H and O–H groups in total. The van der Waals surface area contributed by atoms with Crippen LogP contribution < -0.4 is 0 Å². The van der Waals surface area contributed by atoms with Crippen LogP contribution in [0.5, 0.6) is 0 Å². The average Bonchev–Trinajstić information content (AvgIpc) is 2.49. The first-order valence-corrected chi connectivity index (χ1v) is 7.67. The lowest BCUT2D eigenvalue weighted by atomic mass is 9.82. The average molecular weight is 260 g/mol. The Morgan fingerprint density at radius 2 is 1.89 bits per heavy atom. The molecule has 2 aliphatic rings. The van der Waals surface area contributed by atoms with Crippen molar-refractivity contribution in [2.75, 3.05) is 13.1 Å². The summed E-state index contributed by atoms with van der Waals surface area (Å²) in [6, 6.07) is 2.19. The van der Waals surface area contributed by atoms with Crippen molar-refractivity contribution in [1.29, 1.82) is 5.26 Å². The summed E-state index contributed by atoms with van der Waals surface area (Å²) in [5.41, 5.74) is 1.57. The molecule has 0 radical (unpaired) electrons. The highest BCUT2D eigenvalue weighted by atomic mass is 16.2. The molecule has 1 aliphatic carbocycles. The smallest absolute Gasteiger partial charge is 0.264 e. The molecular weight excluding hydrogens is 236 g/mol. The van der Waals surface area contributed by atoms with Crippen LogP contribution in [0.15, 0.2) is 11.1 Å². The second-order valence-corrected chi connectivity index (χ2v) is 5.79. The zero-order valence-electron chi connectivity index (χ0n) is 12.0. The van der Waals surface area contributed by atoms with Gasteiger partial charge in [0.25, 0.3) is 5.91 Å². The Hall–Kier alpha value is -1.30. The second kappa shape index (κ2) is 6.75. The maximum atomic E-state index is 12.4. The highest BCUT2D eigenvalue weighted by Gasteiger charge is 2.25. The molecule has 0 aromatic heterocycles. The van der Waals surface area contributed by atoms with Gasteiger partial charge < -0.3 is 4.90 Å². The number of piperidine rings is 1. The quantitative estimate of drug-likeness (QED) is 0.564. The minimum absolute atomic E-state index is 0.00727. The number of allylic oxidation sites excluding steroid dienone is 1. The highest BCUT2D eigenvalue weighted by molar-refractivity contribution is 5.98. The van der Waals surface area contributed by atoms with Crippen LogP contribution >= 0.6 is 0 Å². The lowest BCUT2D eigenvalue weighted by Crippen LogP contribution is -2.36. The summed E-state index contributed by atoms with van der Waals surface area (Å²) in [7, 11) is 0.